The van der Waals surface area contributed by atoms with Crippen molar-refractivity contribution in [1.29, 1.82) is 0 Å². The Kier molecular flexibility index (Phi) is 8.75. The van der Waals surface area contributed by atoms with Crippen LogP contribution >= 0.6 is 24.0 Å². The molecule has 152 valence electrons. The van der Waals surface area contributed by atoms with E-state index in [4.69, 9.17) is 4.74 Å². The molecule has 0 bridgehead atoms. The minimum atomic E-state index is -0.164. The van der Waals surface area contributed by atoms with E-state index in [1.807, 2.05) is 12.1 Å². The van der Waals surface area contributed by atoms with Crippen LogP contribution in [-0.4, -0.2) is 56.3 Å². The van der Waals surface area contributed by atoms with Crippen LogP contribution in [-0.2, 0) is 11.3 Å². The van der Waals surface area contributed by atoms with Gasteiger partial charge in [0.25, 0.3) is 0 Å². The average molecular weight is 490 g/mol. The number of likely N-dealkylation sites (tertiary alicyclic amines) is 1. The number of nitrogens with one attached hydrogen (secondary N) is 2. The van der Waals surface area contributed by atoms with Gasteiger partial charge >= 0.3 is 0 Å². The number of guanidine groups is 1. The number of halogens is 2. The van der Waals surface area contributed by atoms with Gasteiger partial charge in [-0.3, -0.25) is 9.89 Å². The van der Waals surface area contributed by atoms with Crippen molar-refractivity contribution < 1.29 is 9.13 Å². The monoisotopic (exact) mass is 490 g/mol. The molecule has 2 N–H and O–H groups in total. The van der Waals surface area contributed by atoms with Gasteiger partial charge in [-0.2, -0.15) is 0 Å². The SMILES string of the molecule is CN=C(NCc1ccc(C)c(F)c1)NCC1(N2CCCC2)CCOCC1.I. The molecule has 2 aliphatic heterocycles. The summed E-state index contributed by atoms with van der Waals surface area (Å²) in [6.07, 6.45) is 4.68. The number of aliphatic imine (C=N–C) groups is 1. The molecular weight excluding hydrogens is 458 g/mol. The molecule has 3 rings (SSSR count). The van der Waals surface area contributed by atoms with Crippen molar-refractivity contribution >= 4 is 29.9 Å². The zero-order valence-electron chi connectivity index (χ0n) is 16.4. The van der Waals surface area contributed by atoms with Crippen LogP contribution < -0.4 is 10.6 Å². The first-order valence-corrected chi connectivity index (χ1v) is 9.65. The second-order valence-corrected chi connectivity index (χ2v) is 7.39. The largest absolute Gasteiger partial charge is 0.381 e. The quantitative estimate of drug-likeness (QED) is 0.379. The van der Waals surface area contributed by atoms with Crippen molar-refractivity contribution in [2.24, 2.45) is 4.99 Å². The molecule has 1 aromatic rings. The standard InChI is InChI=1S/C20H31FN4O.HI/c1-16-5-6-17(13-18(16)21)14-23-19(22-2)24-15-20(7-11-26-12-8-20)25-9-3-4-10-25;/h5-6,13H,3-4,7-12,14-15H2,1-2H3,(H2,22,23,24);1H. The maximum absolute atomic E-state index is 13.7. The predicted molar refractivity (Wildman–Crippen MR) is 118 cm³/mol. The topological polar surface area (TPSA) is 48.9 Å². The fourth-order valence-corrected chi connectivity index (χ4v) is 3.95. The number of rotatable bonds is 5. The molecule has 27 heavy (non-hydrogen) atoms. The molecule has 2 heterocycles. The van der Waals surface area contributed by atoms with E-state index in [0.717, 1.165) is 44.1 Å². The highest BCUT2D eigenvalue weighted by molar-refractivity contribution is 14.0. The second kappa shape index (κ2) is 10.6. The summed E-state index contributed by atoms with van der Waals surface area (Å²) in [6.45, 7) is 7.19. The van der Waals surface area contributed by atoms with Gasteiger partial charge < -0.3 is 15.4 Å². The number of hydrogen-bond donors (Lipinski definition) is 2. The lowest BCUT2D eigenvalue weighted by Gasteiger charge is -2.45. The van der Waals surface area contributed by atoms with Gasteiger partial charge in [0.15, 0.2) is 5.96 Å². The summed E-state index contributed by atoms with van der Waals surface area (Å²) in [5.74, 6) is 0.596. The smallest absolute Gasteiger partial charge is 0.191 e. The van der Waals surface area contributed by atoms with Gasteiger partial charge in [0.05, 0.1) is 0 Å². The fraction of sp³-hybridized carbons (Fsp3) is 0.650. The molecular formula is C20H32FIN4O. The summed E-state index contributed by atoms with van der Waals surface area (Å²) in [7, 11) is 1.78. The van der Waals surface area contributed by atoms with Crippen LogP contribution in [0.1, 0.15) is 36.8 Å². The molecule has 0 aliphatic carbocycles. The highest BCUT2D eigenvalue weighted by Crippen LogP contribution is 2.30. The summed E-state index contributed by atoms with van der Waals surface area (Å²) in [5.41, 5.74) is 1.74. The van der Waals surface area contributed by atoms with Crippen molar-refractivity contribution in [3.05, 3.63) is 35.1 Å². The lowest BCUT2D eigenvalue weighted by atomic mass is 9.88. The third-order valence-corrected chi connectivity index (χ3v) is 5.71. The van der Waals surface area contributed by atoms with Crippen molar-refractivity contribution in [3.8, 4) is 0 Å². The van der Waals surface area contributed by atoms with Crippen LogP contribution in [0.5, 0.6) is 0 Å². The highest BCUT2D eigenvalue weighted by atomic mass is 127. The van der Waals surface area contributed by atoms with Crippen LogP contribution in [0.3, 0.4) is 0 Å². The molecule has 1 aromatic carbocycles. The van der Waals surface area contributed by atoms with E-state index in [1.54, 1.807) is 20.0 Å². The number of nitrogens with zero attached hydrogens (tertiary/aromatic N) is 2. The normalized spacial score (nSPS) is 20.2. The van der Waals surface area contributed by atoms with Crippen LogP contribution in [0.4, 0.5) is 4.39 Å². The van der Waals surface area contributed by atoms with Gasteiger partial charge in [-0.15, -0.1) is 24.0 Å². The zero-order chi connectivity index (χ0) is 18.4. The number of aryl methyl sites for hydroxylation is 1. The van der Waals surface area contributed by atoms with Gasteiger partial charge in [-0.1, -0.05) is 12.1 Å². The van der Waals surface area contributed by atoms with Gasteiger partial charge in [-0.25, -0.2) is 4.39 Å². The first-order chi connectivity index (χ1) is 12.6. The lowest BCUT2D eigenvalue weighted by Crippen LogP contribution is -2.58. The van der Waals surface area contributed by atoms with Crippen LogP contribution in [0.2, 0.25) is 0 Å². The van der Waals surface area contributed by atoms with Gasteiger partial charge in [0.1, 0.15) is 5.82 Å². The Bertz CT molecular complexity index is 628. The Labute approximate surface area is 179 Å². The maximum Gasteiger partial charge on any atom is 0.191 e. The molecule has 0 spiro atoms. The molecule has 7 heteroatoms. The van der Waals surface area contributed by atoms with E-state index < -0.39 is 0 Å². The van der Waals surface area contributed by atoms with Gasteiger partial charge in [0, 0.05) is 38.9 Å². The molecule has 5 nitrogen and oxygen atoms in total. The molecule has 0 unspecified atom stereocenters. The molecule has 0 radical (unpaired) electrons. The summed E-state index contributed by atoms with van der Waals surface area (Å²) in [5, 5.41) is 6.80. The third kappa shape index (κ3) is 5.77. The molecule has 0 atom stereocenters. The van der Waals surface area contributed by atoms with Crippen molar-refractivity contribution in [3.63, 3.8) is 0 Å². The van der Waals surface area contributed by atoms with Crippen LogP contribution in [0.15, 0.2) is 23.2 Å². The van der Waals surface area contributed by atoms with E-state index in [2.05, 4.69) is 20.5 Å². The van der Waals surface area contributed by atoms with E-state index in [9.17, 15) is 4.39 Å². The molecule has 2 aliphatic rings. The Balaban J connectivity index is 0.00000261. The number of hydrogen-bond acceptors (Lipinski definition) is 3. The number of ether oxygens (including phenoxy) is 1. The average Bonchev–Trinajstić information content (AvgIpc) is 3.21. The van der Waals surface area contributed by atoms with E-state index >= 15 is 0 Å². The van der Waals surface area contributed by atoms with Crippen molar-refractivity contribution in [2.45, 2.75) is 44.7 Å². The van der Waals surface area contributed by atoms with Crippen LogP contribution in [0.25, 0.3) is 0 Å². The molecule has 0 saturated carbocycles. The third-order valence-electron chi connectivity index (χ3n) is 5.71. The summed E-state index contributed by atoms with van der Waals surface area (Å²) >= 11 is 0. The summed E-state index contributed by atoms with van der Waals surface area (Å²) in [4.78, 5) is 6.97. The first-order valence-electron chi connectivity index (χ1n) is 9.65. The number of benzene rings is 1. The van der Waals surface area contributed by atoms with E-state index in [0.29, 0.717) is 12.1 Å². The van der Waals surface area contributed by atoms with E-state index in [-0.39, 0.29) is 35.3 Å². The Morgan fingerprint density at radius 1 is 1.22 bits per heavy atom. The summed E-state index contributed by atoms with van der Waals surface area (Å²) in [6, 6.07) is 5.34. The first kappa shape index (κ1) is 22.4. The molecule has 0 amide bonds. The minimum Gasteiger partial charge on any atom is -0.381 e. The molecule has 2 saturated heterocycles. The van der Waals surface area contributed by atoms with Gasteiger partial charge in [-0.05, 0) is 62.9 Å². The zero-order valence-corrected chi connectivity index (χ0v) is 18.7. The summed E-state index contributed by atoms with van der Waals surface area (Å²) < 4.78 is 19.3. The predicted octanol–water partition coefficient (Wildman–Crippen LogP) is 3.06. The Hall–Kier alpha value is -0.930. The molecule has 2 fully saturated rings. The fourth-order valence-electron chi connectivity index (χ4n) is 3.95. The lowest BCUT2D eigenvalue weighted by molar-refractivity contribution is -0.0164. The van der Waals surface area contributed by atoms with Crippen molar-refractivity contribution in [2.75, 3.05) is 39.9 Å². The second-order valence-electron chi connectivity index (χ2n) is 7.39. The highest BCUT2D eigenvalue weighted by Gasteiger charge is 2.39. The van der Waals surface area contributed by atoms with Crippen molar-refractivity contribution in [1.82, 2.24) is 15.5 Å². The molecule has 0 aromatic heterocycles. The Morgan fingerprint density at radius 3 is 2.56 bits per heavy atom. The Morgan fingerprint density at radius 2 is 1.93 bits per heavy atom. The minimum absolute atomic E-state index is 0. The van der Waals surface area contributed by atoms with E-state index in [1.165, 1.54) is 25.9 Å². The van der Waals surface area contributed by atoms with Gasteiger partial charge in [0.2, 0.25) is 0 Å². The maximum atomic E-state index is 13.7. The van der Waals surface area contributed by atoms with Crippen LogP contribution in [0, 0.1) is 12.7 Å².